The largest absolute Gasteiger partial charge is 0.374 e. The van der Waals surface area contributed by atoms with E-state index in [-0.39, 0.29) is 10.8 Å². The number of hydrogen-bond acceptors (Lipinski definition) is 5. The van der Waals surface area contributed by atoms with Gasteiger partial charge in [-0.3, -0.25) is 4.79 Å². The first-order chi connectivity index (χ1) is 6.09. The summed E-state index contributed by atoms with van der Waals surface area (Å²) >= 11 is 1.04. The number of nitrogens with zero attached hydrogens (tertiary/aromatic N) is 3. The summed E-state index contributed by atoms with van der Waals surface area (Å²) in [5, 5.41) is 3.80. The van der Waals surface area contributed by atoms with E-state index >= 15 is 0 Å². The molecule has 2 aromatic heterocycles. The molecule has 0 atom stereocenters. The Morgan fingerprint density at radius 3 is 3.00 bits per heavy atom. The molecule has 0 saturated carbocycles. The Balaban J connectivity index is 3.01. The van der Waals surface area contributed by atoms with Gasteiger partial charge in [-0.1, -0.05) is 11.3 Å². The number of aryl methyl sites for hydroxylation is 1. The molecule has 0 aromatic carbocycles. The number of fused-ring (bicyclic) bond motifs is 1. The summed E-state index contributed by atoms with van der Waals surface area (Å²) in [4.78, 5) is 15.3. The van der Waals surface area contributed by atoms with Gasteiger partial charge in [-0.2, -0.15) is 8.91 Å². The zero-order chi connectivity index (χ0) is 9.59. The average molecular weight is 200 g/mol. The maximum absolute atomic E-state index is 13.0. The lowest BCUT2D eigenvalue weighted by atomic mass is 10.4. The summed E-state index contributed by atoms with van der Waals surface area (Å²) in [6, 6.07) is 0. The molecule has 0 bridgehead atoms. The van der Waals surface area contributed by atoms with Gasteiger partial charge in [0.15, 0.2) is 0 Å². The fourth-order valence-corrected chi connectivity index (χ4v) is 1.64. The van der Waals surface area contributed by atoms with E-state index in [4.69, 9.17) is 5.73 Å². The molecule has 7 heteroatoms. The van der Waals surface area contributed by atoms with Crippen LogP contribution in [0.4, 0.5) is 9.52 Å². The number of rotatable bonds is 0. The van der Waals surface area contributed by atoms with Crippen molar-refractivity contribution < 1.29 is 4.39 Å². The molecule has 0 aliphatic carbocycles. The Bertz CT molecular complexity index is 531. The second-order valence-electron chi connectivity index (χ2n) is 2.45. The Morgan fingerprint density at radius 2 is 2.31 bits per heavy atom. The van der Waals surface area contributed by atoms with E-state index in [1.165, 1.54) is 6.92 Å². The molecule has 68 valence electrons. The standard InChI is InChI=1S/C6H5FN4OS/c1-2-3(7)4(12)11-6(9-2)13-5(8)10-11/h1H3,(H2,8,10). The van der Waals surface area contributed by atoms with Gasteiger partial charge in [-0.25, -0.2) is 4.98 Å². The molecule has 5 nitrogen and oxygen atoms in total. The smallest absolute Gasteiger partial charge is 0.311 e. The van der Waals surface area contributed by atoms with Gasteiger partial charge in [0.25, 0.3) is 0 Å². The fourth-order valence-electron chi connectivity index (χ4n) is 0.941. The number of aromatic nitrogens is 3. The number of nitrogens with two attached hydrogens (primary N) is 1. The predicted octanol–water partition coefficient (Wildman–Crippen LogP) is 0.181. The molecule has 2 heterocycles. The summed E-state index contributed by atoms with van der Waals surface area (Å²) in [5.74, 6) is -0.886. The van der Waals surface area contributed by atoms with Crippen LogP contribution in [0, 0.1) is 12.7 Å². The Hall–Kier alpha value is -1.50. The minimum atomic E-state index is -0.886. The first-order valence-electron chi connectivity index (χ1n) is 3.41. The SMILES string of the molecule is Cc1nc2sc(N)nn2c(=O)c1F. The summed E-state index contributed by atoms with van der Waals surface area (Å²) < 4.78 is 13.9. The minimum Gasteiger partial charge on any atom is -0.374 e. The quantitative estimate of drug-likeness (QED) is 0.658. The second kappa shape index (κ2) is 2.49. The molecule has 2 N–H and O–H groups in total. The summed E-state index contributed by atoms with van der Waals surface area (Å²) in [5.41, 5.74) is 4.60. The van der Waals surface area contributed by atoms with Crippen LogP contribution in [0.2, 0.25) is 0 Å². The monoisotopic (exact) mass is 200 g/mol. The highest BCUT2D eigenvalue weighted by molar-refractivity contribution is 7.20. The molecule has 0 amide bonds. The van der Waals surface area contributed by atoms with Gasteiger partial charge in [-0.05, 0) is 6.92 Å². The van der Waals surface area contributed by atoms with Gasteiger partial charge in [0.05, 0.1) is 5.69 Å². The van der Waals surface area contributed by atoms with E-state index in [0.717, 1.165) is 15.9 Å². The topological polar surface area (TPSA) is 73.3 Å². The zero-order valence-electron chi connectivity index (χ0n) is 6.61. The van der Waals surface area contributed by atoms with Crippen molar-refractivity contribution in [2.45, 2.75) is 6.92 Å². The zero-order valence-corrected chi connectivity index (χ0v) is 7.43. The van der Waals surface area contributed by atoms with Crippen LogP contribution in [0.5, 0.6) is 0 Å². The summed E-state index contributed by atoms with van der Waals surface area (Å²) in [7, 11) is 0. The molecule has 0 saturated heterocycles. The molecule has 13 heavy (non-hydrogen) atoms. The second-order valence-corrected chi connectivity index (χ2v) is 3.44. The highest BCUT2D eigenvalue weighted by Crippen LogP contribution is 2.12. The normalized spacial score (nSPS) is 10.9. The van der Waals surface area contributed by atoms with E-state index < -0.39 is 11.4 Å². The van der Waals surface area contributed by atoms with Gasteiger partial charge in [-0.15, -0.1) is 5.10 Å². The van der Waals surface area contributed by atoms with E-state index in [1.54, 1.807) is 0 Å². The van der Waals surface area contributed by atoms with Crippen LogP contribution >= 0.6 is 11.3 Å². The molecular weight excluding hydrogens is 195 g/mol. The number of nitrogen functional groups attached to an aromatic ring is 1. The Morgan fingerprint density at radius 1 is 1.62 bits per heavy atom. The molecule has 0 aliphatic rings. The fraction of sp³-hybridized carbons (Fsp3) is 0.167. The van der Waals surface area contributed by atoms with Crippen LogP contribution in [-0.2, 0) is 0 Å². The van der Waals surface area contributed by atoms with E-state index in [0.29, 0.717) is 4.96 Å². The van der Waals surface area contributed by atoms with Crippen molar-refractivity contribution in [2.75, 3.05) is 5.73 Å². The lowest BCUT2D eigenvalue weighted by Gasteiger charge is -1.93. The molecule has 0 fully saturated rings. The van der Waals surface area contributed by atoms with Crippen LogP contribution in [0.1, 0.15) is 5.69 Å². The van der Waals surface area contributed by atoms with Crippen molar-refractivity contribution in [2.24, 2.45) is 0 Å². The lowest BCUT2D eigenvalue weighted by Crippen LogP contribution is -2.20. The first-order valence-corrected chi connectivity index (χ1v) is 4.22. The van der Waals surface area contributed by atoms with E-state index in [2.05, 4.69) is 10.1 Å². The van der Waals surface area contributed by atoms with Crippen LogP contribution in [0.25, 0.3) is 4.96 Å². The Labute approximate surface area is 75.6 Å². The molecule has 0 aliphatic heterocycles. The van der Waals surface area contributed by atoms with Crippen molar-refractivity contribution in [3.63, 3.8) is 0 Å². The van der Waals surface area contributed by atoms with Crippen molar-refractivity contribution >= 4 is 21.4 Å². The minimum absolute atomic E-state index is 0.0636. The van der Waals surface area contributed by atoms with Crippen LogP contribution < -0.4 is 11.3 Å². The number of anilines is 1. The highest BCUT2D eigenvalue weighted by atomic mass is 32.1. The van der Waals surface area contributed by atoms with E-state index in [1.807, 2.05) is 0 Å². The lowest BCUT2D eigenvalue weighted by molar-refractivity contribution is 0.580. The third kappa shape index (κ3) is 1.08. The highest BCUT2D eigenvalue weighted by Gasteiger charge is 2.11. The first kappa shape index (κ1) is 8.11. The third-order valence-corrected chi connectivity index (χ3v) is 2.27. The summed E-state index contributed by atoms with van der Waals surface area (Å²) in [6.45, 7) is 1.42. The number of hydrogen-bond donors (Lipinski definition) is 1. The van der Waals surface area contributed by atoms with Gasteiger partial charge in [0, 0.05) is 0 Å². The maximum Gasteiger partial charge on any atom is 0.311 e. The predicted molar refractivity (Wildman–Crippen MR) is 46.2 cm³/mol. The summed E-state index contributed by atoms with van der Waals surface area (Å²) in [6.07, 6.45) is 0. The maximum atomic E-state index is 13.0. The molecule has 2 aromatic rings. The van der Waals surface area contributed by atoms with Crippen LogP contribution in [0.3, 0.4) is 0 Å². The van der Waals surface area contributed by atoms with Crippen molar-refractivity contribution in [3.8, 4) is 0 Å². The van der Waals surface area contributed by atoms with Gasteiger partial charge in [0.1, 0.15) is 0 Å². The van der Waals surface area contributed by atoms with Crippen molar-refractivity contribution in [1.29, 1.82) is 0 Å². The van der Waals surface area contributed by atoms with Crippen molar-refractivity contribution in [3.05, 3.63) is 21.9 Å². The van der Waals surface area contributed by atoms with E-state index in [9.17, 15) is 9.18 Å². The Kier molecular flexibility index (Phi) is 1.56. The van der Waals surface area contributed by atoms with Gasteiger partial charge in [0.2, 0.25) is 15.9 Å². The van der Waals surface area contributed by atoms with Crippen molar-refractivity contribution in [1.82, 2.24) is 14.6 Å². The molecule has 0 spiro atoms. The molecule has 0 radical (unpaired) electrons. The van der Waals surface area contributed by atoms with Gasteiger partial charge >= 0.3 is 5.56 Å². The third-order valence-electron chi connectivity index (χ3n) is 1.54. The van der Waals surface area contributed by atoms with Gasteiger partial charge < -0.3 is 5.73 Å². The molecular formula is C6H5FN4OS. The van der Waals surface area contributed by atoms with Crippen LogP contribution in [0.15, 0.2) is 4.79 Å². The molecule has 2 rings (SSSR count). The van der Waals surface area contributed by atoms with Crippen LogP contribution in [-0.4, -0.2) is 14.6 Å². The molecule has 0 unspecified atom stereocenters. The average Bonchev–Trinajstić information content (AvgIpc) is 2.42. The number of halogens is 1.